The summed E-state index contributed by atoms with van der Waals surface area (Å²) in [6.07, 6.45) is 0. The highest BCUT2D eigenvalue weighted by Crippen LogP contribution is 2.26. The summed E-state index contributed by atoms with van der Waals surface area (Å²) in [6, 6.07) is 5.90. The molecule has 0 N–H and O–H groups in total. The Morgan fingerprint density at radius 3 is 2.86 bits per heavy atom. The maximum absolute atomic E-state index is 5.51. The predicted octanol–water partition coefficient (Wildman–Crippen LogP) is 2.34. The van der Waals surface area contributed by atoms with Gasteiger partial charge in [-0.2, -0.15) is 0 Å². The molecule has 1 aromatic heterocycles. The van der Waals surface area contributed by atoms with Crippen LogP contribution >= 0.6 is 11.5 Å². The van der Waals surface area contributed by atoms with Crippen LogP contribution in [0.5, 0.6) is 10.9 Å². The molecule has 72 valence electrons. The summed E-state index contributed by atoms with van der Waals surface area (Å²) in [5.74, 6) is 0.809. The average molecular weight is 207 g/mol. The first-order valence-electron chi connectivity index (χ1n) is 4.16. The fraction of sp³-hybridized carbons (Fsp3) is 0.222. The molecule has 2 aromatic rings. The molecule has 0 fully saturated rings. The second-order valence-corrected chi connectivity index (χ2v) is 3.62. The molecule has 4 nitrogen and oxygen atoms in total. The van der Waals surface area contributed by atoms with E-state index in [-0.39, 0.29) is 0 Å². The SMILES string of the molecule is Cc1cccc(Oc2nnns2)c1C. The van der Waals surface area contributed by atoms with Crippen molar-refractivity contribution >= 4 is 11.5 Å². The summed E-state index contributed by atoms with van der Waals surface area (Å²) in [4.78, 5) is 0. The Labute approximate surface area is 85.7 Å². The predicted molar refractivity (Wildman–Crippen MR) is 53.7 cm³/mol. The highest BCUT2D eigenvalue weighted by molar-refractivity contribution is 7.07. The number of aromatic nitrogens is 3. The molecule has 0 spiro atoms. The minimum atomic E-state index is 0.471. The number of aryl methyl sites for hydroxylation is 1. The topological polar surface area (TPSA) is 47.9 Å². The van der Waals surface area contributed by atoms with Crippen LogP contribution in [-0.4, -0.2) is 14.8 Å². The average Bonchev–Trinajstić information content (AvgIpc) is 2.66. The van der Waals surface area contributed by atoms with Crippen molar-refractivity contribution in [1.82, 2.24) is 14.8 Å². The van der Waals surface area contributed by atoms with Gasteiger partial charge in [0.05, 0.1) is 0 Å². The number of ether oxygens (including phenoxy) is 1. The molecule has 0 aliphatic heterocycles. The van der Waals surface area contributed by atoms with Gasteiger partial charge in [0.15, 0.2) is 0 Å². The molecule has 0 atom stereocenters. The quantitative estimate of drug-likeness (QED) is 0.758. The molecule has 0 unspecified atom stereocenters. The van der Waals surface area contributed by atoms with Crippen LogP contribution in [0.15, 0.2) is 18.2 Å². The maximum Gasteiger partial charge on any atom is 0.319 e. The Hall–Kier alpha value is -1.49. The first-order chi connectivity index (χ1) is 6.77. The second-order valence-electron chi connectivity index (χ2n) is 2.93. The van der Waals surface area contributed by atoms with Crippen molar-refractivity contribution in [3.8, 4) is 10.9 Å². The zero-order valence-corrected chi connectivity index (χ0v) is 8.71. The highest BCUT2D eigenvalue weighted by atomic mass is 32.1. The molecule has 2 rings (SSSR count). The minimum absolute atomic E-state index is 0.471. The highest BCUT2D eigenvalue weighted by Gasteiger charge is 2.05. The van der Waals surface area contributed by atoms with Gasteiger partial charge in [0.25, 0.3) is 0 Å². The van der Waals surface area contributed by atoms with Gasteiger partial charge in [-0.05, 0) is 36.3 Å². The van der Waals surface area contributed by atoms with E-state index in [9.17, 15) is 0 Å². The molecule has 0 radical (unpaired) electrons. The lowest BCUT2D eigenvalue weighted by molar-refractivity contribution is 0.468. The molecule has 1 heterocycles. The van der Waals surface area contributed by atoms with Gasteiger partial charge < -0.3 is 4.74 Å². The van der Waals surface area contributed by atoms with E-state index in [0.717, 1.165) is 22.8 Å². The van der Waals surface area contributed by atoms with Crippen molar-refractivity contribution in [3.05, 3.63) is 29.3 Å². The second kappa shape index (κ2) is 3.71. The van der Waals surface area contributed by atoms with Gasteiger partial charge in [-0.1, -0.05) is 21.7 Å². The van der Waals surface area contributed by atoms with Gasteiger partial charge in [-0.3, -0.25) is 0 Å². The Kier molecular flexibility index (Phi) is 2.41. The van der Waals surface area contributed by atoms with E-state index in [1.54, 1.807) is 0 Å². The molecule has 0 aliphatic rings. The van der Waals surface area contributed by atoms with Crippen LogP contribution in [0.25, 0.3) is 0 Å². The standard InChI is InChI=1S/C9H9N3OS/c1-6-4-3-5-8(7(6)2)13-9-10-11-12-14-9/h3-5H,1-2H3. The lowest BCUT2D eigenvalue weighted by atomic mass is 10.1. The van der Waals surface area contributed by atoms with Gasteiger partial charge in [0.2, 0.25) is 0 Å². The third-order valence-electron chi connectivity index (χ3n) is 2.03. The zero-order chi connectivity index (χ0) is 9.97. The third kappa shape index (κ3) is 1.72. The van der Waals surface area contributed by atoms with Crippen LogP contribution in [-0.2, 0) is 0 Å². The molecule has 0 aliphatic carbocycles. The monoisotopic (exact) mass is 207 g/mol. The fourth-order valence-corrected chi connectivity index (χ4v) is 1.44. The number of benzene rings is 1. The largest absolute Gasteiger partial charge is 0.428 e. The van der Waals surface area contributed by atoms with Crippen molar-refractivity contribution in [1.29, 1.82) is 0 Å². The fourth-order valence-electron chi connectivity index (χ4n) is 1.09. The van der Waals surface area contributed by atoms with E-state index in [2.05, 4.69) is 14.8 Å². The lowest BCUT2D eigenvalue weighted by Crippen LogP contribution is -1.89. The summed E-state index contributed by atoms with van der Waals surface area (Å²) in [5.41, 5.74) is 2.31. The van der Waals surface area contributed by atoms with E-state index < -0.39 is 0 Å². The summed E-state index contributed by atoms with van der Waals surface area (Å²) in [7, 11) is 0. The zero-order valence-electron chi connectivity index (χ0n) is 7.89. The normalized spacial score (nSPS) is 10.1. The summed E-state index contributed by atoms with van der Waals surface area (Å²) < 4.78 is 9.14. The summed E-state index contributed by atoms with van der Waals surface area (Å²) in [6.45, 7) is 4.06. The van der Waals surface area contributed by atoms with E-state index in [1.165, 1.54) is 5.56 Å². The molecule has 14 heavy (non-hydrogen) atoms. The van der Waals surface area contributed by atoms with Crippen LogP contribution in [0.1, 0.15) is 11.1 Å². The van der Waals surface area contributed by atoms with Crippen molar-refractivity contribution in [3.63, 3.8) is 0 Å². The number of hydrogen-bond donors (Lipinski definition) is 0. The van der Waals surface area contributed by atoms with Gasteiger partial charge in [-0.15, -0.1) is 0 Å². The van der Waals surface area contributed by atoms with Gasteiger partial charge >= 0.3 is 5.19 Å². The Morgan fingerprint density at radius 1 is 1.29 bits per heavy atom. The van der Waals surface area contributed by atoms with Crippen molar-refractivity contribution in [2.45, 2.75) is 13.8 Å². The number of nitrogens with zero attached hydrogens (tertiary/aromatic N) is 3. The van der Waals surface area contributed by atoms with Crippen molar-refractivity contribution in [2.24, 2.45) is 0 Å². The number of rotatable bonds is 2. The smallest absolute Gasteiger partial charge is 0.319 e. The molecular formula is C9H9N3OS. The minimum Gasteiger partial charge on any atom is -0.428 e. The van der Waals surface area contributed by atoms with Crippen LogP contribution in [0.3, 0.4) is 0 Å². The molecule has 0 saturated carbocycles. The first-order valence-corrected chi connectivity index (χ1v) is 4.94. The molecule has 0 saturated heterocycles. The number of hydrogen-bond acceptors (Lipinski definition) is 5. The van der Waals surface area contributed by atoms with E-state index in [1.807, 2.05) is 32.0 Å². The van der Waals surface area contributed by atoms with Gasteiger partial charge in [-0.25, -0.2) is 0 Å². The molecule has 0 bridgehead atoms. The lowest BCUT2D eigenvalue weighted by Gasteiger charge is -2.06. The van der Waals surface area contributed by atoms with E-state index >= 15 is 0 Å². The van der Waals surface area contributed by atoms with Crippen LogP contribution < -0.4 is 4.74 Å². The third-order valence-corrected chi connectivity index (χ3v) is 2.51. The van der Waals surface area contributed by atoms with Crippen molar-refractivity contribution in [2.75, 3.05) is 0 Å². The maximum atomic E-state index is 5.51. The van der Waals surface area contributed by atoms with E-state index in [0.29, 0.717) is 5.19 Å². The molecule has 1 aromatic carbocycles. The summed E-state index contributed by atoms with van der Waals surface area (Å²) >= 11 is 1.14. The summed E-state index contributed by atoms with van der Waals surface area (Å²) in [5, 5.41) is 7.65. The van der Waals surface area contributed by atoms with E-state index in [4.69, 9.17) is 4.74 Å². The Morgan fingerprint density at radius 2 is 2.14 bits per heavy atom. The first kappa shape index (κ1) is 9.08. The Balaban J connectivity index is 2.29. The van der Waals surface area contributed by atoms with Gasteiger partial charge in [0, 0.05) is 11.5 Å². The Bertz CT molecular complexity index is 428. The van der Waals surface area contributed by atoms with Crippen LogP contribution in [0.4, 0.5) is 0 Å². The van der Waals surface area contributed by atoms with Crippen LogP contribution in [0.2, 0.25) is 0 Å². The molecular weight excluding hydrogens is 198 g/mol. The van der Waals surface area contributed by atoms with Crippen LogP contribution in [0, 0.1) is 13.8 Å². The molecule has 5 heteroatoms. The molecule has 0 amide bonds. The van der Waals surface area contributed by atoms with Crippen molar-refractivity contribution < 1.29 is 4.74 Å². The van der Waals surface area contributed by atoms with Gasteiger partial charge in [0.1, 0.15) is 5.75 Å².